The molecular formula is C11H10N2O4. The number of methoxy groups -OCH3 is 1. The molecule has 0 atom stereocenters. The molecule has 0 saturated carbocycles. The summed E-state index contributed by atoms with van der Waals surface area (Å²) in [6, 6.07) is 8.87. The molecule has 2 aromatic rings. The van der Waals surface area contributed by atoms with Crippen molar-refractivity contribution in [1.82, 2.24) is 5.27 Å². The zero-order valence-electron chi connectivity index (χ0n) is 9.12. The van der Waals surface area contributed by atoms with Gasteiger partial charge in [0.2, 0.25) is 0 Å². The normalized spacial score (nSPS) is 10.2. The monoisotopic (exact) mass is 234 g/mol. The van der Waals surface area contributed by atoms with Gasteiger partial charge in [-0.2, -0.15) is 0 Å². The number of carbonyl (C=O) groups excluding carboxylic acids is 1. The molecule has 2 rings (SSSR count). The molecular weight excluding hydrogens is 224 g/mol. The van der Waals surface area contributed by atoms with E-state index in [1.165, 1.54) is 11.8 Å². The zero-order chi connectivity index (χ0) is 12.3. The van der Waals surface area contributed by atoms with Gasteiger partial charge < -0.3 is 14.4 Å². The molecule has 1 aromatic carbocycles. The van der Waals surface area contributed by atoms with E-state index in [0.29, 0.717) is 5.56 Å². The average molecular weight is 234 g/mol. The molecule has 0 aliphatic rings. The number of nitrogens with zero attached hydrogens (tertiary/aromatic N) is 2. The number of rotatable bonds is 3. The number of ether oxygens (including phenoxy) is 1. The standard InChI is InChI=1S/C11H10N2O4/c1-16-9(14)7-13-10(11(15)17-12-13)8-5-3-2-4-6-8/h2-6H,7H2,1H3. The highest BCUT2D eigenvalue weighted by molar-refractivity contribution is 5.68. The van der Waals surface area contributed by atoms with Gasteiger partial charge in [0.15, 0.2) is 5.95 Å². The first-order valence-electron chi connectivity index (χ1n) is 4.91. The molecule has 6 nitrogen and oxygen atoms in total. The van der Waals surface area contributed by atoms with Gasteiger partial charge in [0.25, 0.3) is 12.2 Å². The number of hydrogen-bond acceptors (Lipinski definition) is 5. The number of aromatic nitrogens is 2. The summed E-state index contributed by atoms with van der Waals surface area (Å²) in [4.78, 5) is 11.1. The van der Waals surface area contributed by atoms with Crippen molar-refractivity contribution in [2.75, 3.05) is 7.11 Å². The molecule has 0 aliphatic carbocycles. The molecule has 0 spiro atoms. The van der Waals surface area contributed by atoms with Crippen LogP contribution in [0.15, 0.2) is 34.9 Å². The second kappa shape index (κ2) is 4.65. The Morgan fingerprint density at radius 3 is 2.82 bits per heavy atom. The van der Waals surface area contributed by atoms with Gasteiger partial charge in [-0.1, -0.05) is 22.9 Å². The second-order valence-corrected chi connectivity index (χ2v) is 3.31. The number of hydrogen-bond donors (Lipinski definition) is 0. The van der Waals surface area contributed by atoms with Gasteiger partial charge >= 0.3 is 5.97 Å². The highest BCUT2D eigenvalue weighted by Crippen LogP contribution is 2.21. The summed E-state index contributed by atoms with van der Waals surface area (Å²) >= 11 is 0. The molecule has 0 N–H and O–H groups in total. The Balaban J connectivity index is 2.40. The summed E-state index contributed by atoms with van der Waals surface area (Å²) < 4.78 is 10.2. The van der Waals surface area contributed by atoms with Crippen LogP contribution in [0.2, 0.25) is 0 Å². The van der Waals surface area contributed by atoms with Crippen molar-refractivity contribution in [1.29, 1.82) is 0 Å². The molecule has 0 bridgehead atoms. The Morgan fingerprint density at radius 2 is 2.18 bits per heavy atom. The van der Waals surface area contributed by atoms with E-state index < -0.39 is 11.9 Å². The summed E-state index contributed by atoms with van der Waals surface area (Å²) in [6.45, 7) is -0.160. The Bertz CT molecular complexity index is 522. The van der Waals surface area contributed by atoms with E-state index in [1.807, 2.05) is 6.07 Å². The number of esters is 1. The van der Waals surface area contributed by atoms with E-state index in [0.717, 1.165) is 0 Å². The number of benzene rings is 1. The maximum Gasteiger partial charge on any atom is 0.375 e. The Hall–Kier alpha value is -2.37. The van der Waals surface area contributed by atoms with Crippen molar-refractivity contribution < 1.29 is 23.8 Å². The molecule has 0 radical (unpaired) electrons. The van der Waals surface area contributed by atoms with Crippen LogP contribution in [0.1, 0.15) is 0 Å². The van der Waals surface area contributed by atoms with E-state index in [9.17, 15) is 9.90 Å². The lowest BCUT2D eigenvalue weighted by Gasteiger charge is -1.97. The summed E-state index contributed by atoms with van der Waals surface area (Å²) in [5.74, 6) is -1.08. The molecule has 1 aromatic heterocycles. The highest BCUT2D eigenvalue weighted by atomic mass is 16.6. The van der Waals surface area contributed by atoms with E-state index in [1.54, 1.807) is 24.3 Å². The van der Waals surface area contributed by atoms with Crippen LogP contribution >= 0.6 is 0 Å². The Kier molecular flexibility index (Phi) is 3.04. The van der Waals surface area contributed by atoms with E-state index in [-0.39, 0.29) is 12.2 Å². The van der Waals surface area contributed by atoms with Crippen LogP contribution in [0.4, 0.5) is 0 Å². The third-order valence-corrected chi connectivity index (χ3v) is 2.23. The smallest absolute Gasteiger partial charge is 0.375 e. The SMILES string of the molecule is COC(=O)C[n+]1noc([O-])c1-c1ccccc1. The third kappa shape index (κ3) is 2.25. The van der Waals surface area contributed by atoms with Crippen LogP contribution in [-0.2, 0) is 16.1 Å². The van der Waals surface area contributed by atoms with Gasteiger partial charge in [0, 0.05) is 0 Å². The van der Waals surface area contributed by atoms with Crippen molar-refractivity contribution in [2.24, 2.45) is 0 Å². The molecule has 1 heterocycles. The van der Waals surface area contributed by atoms with Crippen LogP contribution < -0.4 is 9.79 Å². The quantitative estimate of drug-likeness (QED) is 0.546. The van der Waals surface area contributed by atoms with Gasteiger partial charge in [0.05, 0.1) is 17.9 Å². The molecule has 0 aliphatic heterocycles. The van der Waals surface area contributed by atoms with Gasteiger partial charge in [-0.15, -0.1) is 0 Å². The Labute approximate surface area is 97.0 Å². The van der Waals surface area contributed by atoms with Gasteiger partial charge in [0.1, 0.15) is 0 Å². The summed E-state index contributed by atoms with van der Waals surface area (Å²) in [5, 5.41) is 15.0. The summed E-state index contributed by atoms with van der Waals surface area (Å²) in [7, 11) is 1.27. The second-order valence-electron chi connectivity index (χ2n) is 3.31. The van der Waals surface area contributed by atoms with Crippen molar-refractivity contribution in [3.63, 3.8) is 0 Å². The van der Waals surface area contributed by atoms with Crippen molar-refractivity contribution in [2.45, 2.75) is 6.54 Å². The molecule has 0 unspecified atom stereocenters. The molecule has 17 heavy (non-hydrogen) atoms. The fourth-order valence-electron chi connectivity index (χ4n) is 1.43. The minimum Gasteiger partial charge on any atom is -0.539 e. The van der Waals surface area contributed by atoms with Crippen molar-refractivity contribution in [3.8, 4) is 17.2 Å². The lowest BCUT2D eigenvalue weighted by atomic mass is 10.1. The summed E-state index contributed by atoms with van der Waals surface area (Å²) in [5.41, 5.74) is 0.874. The van der Waals surface area contributed by atoms with Gasteiger partial charge in [-0.05, 0) is 12.1 Å². The third-order valence-electron chi connectivity index (χ3n) is 2.23. The van der Waals surface area contributed by atoms with Crippen molar-refractivity contribution >= 4 is 5.97 Å². The van der Waals surface area contributed by atoms with E-state index in [4.69, 9.17) is 0 Å². The van der Waals surface area contributed by atoms with Crippen LogP contribution in [0.25, 0.3) is 11.3 Å². The topological polar surface area (TPSA) is 79.3 Å². The zero-order valence-corrected chi connectivity index (χ0v) is 9.12. The minimum atomic E-state index is -0.583. The lowest BCUT2D eigenvalue weighted by Crippen LogP contribution is -2.41. The number of carbonyl (C=O) groups is 1. The summed E-state index contributed by atoms with van der Waals surface area (Å²) in [6.07, 6.45) is 0. The predicted octanol–water partition coefficient (Wildman–Crippen LogP) is -0.124. The van der Waals surface area contributed by atoms with Crippen LogP contribution in [0, 0.1) is 0 Å². The van der Waals surface area contributed by atoms with E-state index >= 15 is 0 Å². The predicted molar refractivity (Wildman–Crippen MR) is 53.6 cm³/mol. The largest absolute Gasteiger partial charge is 0.539 e. The lowest BCUT2D eigenvalue weighted by molar-refractivity contribution is -0.742. The average Bonchev–Trinajstić information content (AvgIpc) is 2.71. The van der Waals surface area contributed by atoms with Gasteiger partial charge in [-0.25, -0.2) is 4.79 Å². The first kappa shape index (κ1) is 11.1. The van der Waals surface area contributed by atoms with Crippen molar-refractivity contribution in [3.05, 3.63) is 30.3 Å². The molecule has 0 fully saturated rings. The Morgan fingerprint density at radius 1 is 1.47 bits per heavy atom. The molecule has 88 valence electrons. The highest BCUT2D eigenvalue weighted by Gasteiger charge is 2.22. The molecule has 0 amide bonds. The first-order chi connectivity index (χ1) is 8.22. The molecule has 0 saturated heterocycles. The van der Waals surface area contributed by atoms with Crippen LogP contribution in [-0.4, -0.2) is 18.4 Å². The van der Waals surface area contributed by atoms with E-state index in [2.05, 4.69) is 14.5 Å². The van der Waals surface area contributed by atoms with Crippen LogP contribution in [0.5, 0.6) is 5.95 Å². The maximum absolute atomic E-state index is 11.5. The molecule has 6 heteroatoms. The van der Waals surface area contributed by atoms with Crippen LogP contribution in [0.3, 0.4) is 0 Å². The first-order valence-corrected chi connectivity index (χ1v) is 4.91. The van der Waals surface area contributed by atoms with Gasteiger partial charge in [-0.3, -0.25) is 0 Å². The minimum absolute atomic E-state index is 0.160. The maximum atomic E-state index is 11.5. The fraction of sp³-hybridized carbons (Fsp3) is 0.182. The fourth-order valence-corrected chi connectivity index (χ4v) is 1.43.